The first-order chi connectivity index (χ1) is 15.8. The van der Waals surface area contributed by atoms with Gasteiger partial charge < -0.3 is 14.8 Å². The number of anilines is 1. The molecule has 1 saturated heterocycles. The average molecular weight is 467 g/mol. The molecular weight excluding hydrogens is 443 g/mol. The van der Waals surface area contributed by atoms with E-state index in [-0.39, 0.29) is 22.0 Å². The van der Waals surface area contributed by atoms with Gasteiger partial charge in [-0.3, -0.25) is 19.0 Å². The maximum absolute atomic E-state index is 14.5. The first-order valence-electron chi connectivity index (χ1n) is 10.5. The molecule has 170 valence electrons. The molecule has 1 amide bonds. The van der Waals surface area contributed by atoms with Crippen LogP contribution >= 0.6 is 12.2 Å². The van der Waals surface area contributed by atoms with Gasteiger partial charge in [-0.1, -0.05) is 6.08 Å². The van der Waals surface area contributed by atoms with Crippen LogP contribution in [0.5, 0.6) is 0 Å². The van der Waals surface area contributed by atoms with Gasteiger partial charge >= 0.3 is 0 Å². The zero-order valence-electron chi connectivity index (χ0n) is 18.1. The van der Waals surface area contributed by atoms with E-state index < -0.39 is 5.82 Å². The number of aromatic nitrogens is 2. The molecule has 0 radical (unpaired) electrons. The van der Waals surface area contributed by atoms with Crippen molar-refractivity contribution in [3.63, 3.8) is 0 Å². The molecule has 0 atom stereocenters. The lowest BCUT2D eigenvalue weighted by Gasteiger charge is -2.36. The number of hydrogen-bond acceptors (Lipinski definition) is 5. The summed E-state index contributed by atoms with van der Waals surface area (Å²) in [6, 6.07) is 9.36. The predicted octanol–water partition coefficient (Wildman–Crippen LogP) is 3.55. The second-order valence-corrected chi connectivity index (χ2v) is 8.28. The van der Waals surface area contributed by atoms with Crippen molar-refractivity contribution in [2.45, 2.75) is 13.5 Å². The molecule has 0 spiro atoms. The van der Waals surface area contributed by atoms with Crippen molar-refractivity contribution in [2.75, 3.05) is 31.1 Å². The van der Waals surface area contributed by atoms with E-state index in [0.717, 1.165) is 0 Å². The lowest BCUT2D eigenvalue weighted by molar-refractivity contribution is 0.0746. The molecule has 1 aliphatic rings. The molecule has 0 saturated carbocycles. The van der Waals surface area contributed by atoms with Gasteiger partial charge in [-0.25, -0.2) is 4.39 Å². The maximum Gasteiger partial charge on any atom is 0.262 e. The summed E-state index contributed by atoms with van der Waals surface area (Å²) in [4.78, 5) is 43.8. The van der Waals surface area contributed by atoms with E-state index in [1.807, 2.05) is 4.90 Å². The van der Waals surface area contributed by atoms with Gasteiger partial charge in [0.05, 0.1) is 16.6 Å². The van der Waals surface area contributed by atoms with Crippen molar-refractivity contribution in [2.24, 2.45) is 0 Å². The summed E-state index contributed by atoms with van der Waals surface area (Å²) < 4.78 is 16.2. The van der Waals surface area contributed by atoms with Crippen LogP contribution in [-0.4, -0.2) is 52.3 Å². The molecule has 7 nitrogen and oxygen atoms in total. The third-order valence-corrected chi connectivity index (χ3v) is 6.12. The second-order valence-electron chi connectivity index (χ2n) is 7.90. The van der Waals surface area contributed by atoms with Crippen molar-refractivity contribution in [1.29, 1.82) is 0 Å². The minimum atomic E-state index is -0.450. The summed E-state index contributed by atoms with van der Waals surface area (Å²) in [6.07, 6.45) is 1.60. The predicted molar refractivity (Wildman–Crippen MR) is 128 cm³/mol. The van der Waals surface area contributed by atoms with E-state index in [9.17, 15) is 18.8 Å². The smallest absolute Gasteiger partial charge is 0.262 e. The summed E-state index contributed by atoms with van der Waals surface area (Å²) >= 11 is 5.27. The highest BCUT2D eigenvalue weighted by atomic mass is 32.1. The summed E-state index contributed by atoms with van der Waals surface area (Å²) in [5, 5.41) is 0.441. The lowest BCUT2D eigenvalue weighted by atomic mass is 10.1. The Hall–Kier alpha value is -3.59. The number of piperazine rings is 1. The minimum Gasteiger partial charge on any atom is -0.366 e. The quantitative estimate of drug-likeness (QED) is 0.354. The maximum atomic E-state index is 14.5. The number of fused-ring (bicyclic) bond motifs is 1. The van der Waals surface area contributed by atoms with Crippen LogP contribution in [-0.2, 0) is 6.54 Å². The van der Waals surface area contributed by atoms with Crippen LogP contribution < -0.4 is 10.5 Å². The van der Waals surface area contributed by atoms with Gasteiger partial charge in [0.15, 0.2) is 10.6 Å². The molecular formula is C24H23FN4O3S. The summed E-state index contributed by atoms with van der Waals surface area (Å²) in [6.45, 7) is 7.10. The van der Waals surface area contributed by atoms with E-state index in [1.54, 1.807) is 41.3 Å². The van der Waals surface area contributed by atoms with Crippen LogP contribution in [0.3, 0.4) is 0 Å². The van der Waals surface area contributed by atoms with Crippen LogP contribution in [0.15, 0.2) is 53.8 Å². The number of ketones is 1. The molecule has 4 rings (SSSR count). The zero-order chi connectivity index (χ0) is 23.7. The first-order valence-corrected chi connectivity index (χ1v) is 10.9. The number of rotatable bonds is 5. The second kappa shape index (κ2) is 9.11. The van der Waals surface area contributed by atoms with E-state index >= 15 is 0 Å². The molecule has 1 aliphatic heterocycles. The fourth-order valence-electron chi connectivity index (χ4n) is 4.00. The molecule has 0 aliphatic carbocycles. The van der Waals surface area contributed by atoms with Crippen molar-refractivity contribution in [3.05, 3.63) is 81.1 Å². The van der Waals surface area contributed by atoms with E-state index in [2.05, 4.69) is 11.6 Å². The number of halogens is 1. The molecule has 2 aromatic carbocycles. The lowest BCUT2D eigenvalue weighted by Crippen LogP contribution is -2.49. The number of benzene rings is 2. The molecule has 3 aromatic rings. The molecule has 33 heavy (non-hydrogen) atoms. The third kappa shape index (κ3) is 4.36. The Morgan fingerprint density at radius 2 is 1.82 bits per heavy atom. The highest BCUT2D eigenvalue weighted by molar-refractivity contribution is 7.71. The fourth-order valence-corrected chi connectivity index (χ4v) is 4.27. The Morgan fingerprint density at radius 3 is 2.45 bits per heavy atom. The summed E-state index contributed by atoms with van der Waals surface area (Å²) in [5.74, 6) is -0.806. The molecule has 1 fully saturated rings. The fraction of sp³-hybridized carbons (Fsp3) is 0.250. The van der Waals surface area contributed by atoms with E-state index in [4.69, 9.17) is 12.2 Å². The number of aromatic amines is 1. The number of carbonyl (C=O) groups excluding carboxylic acids is 2. The van der Waals surface area contributed by atoms with Crippen LogP contribution in [0, 0.1) is 10.6 Å². The van der Waals surface area contributed by atoms with Crippen LogP contribution in [0.25, 0.3) is 10.9 Å². The van der Waals surface area contributed by atoms with Crippen molar-refractivity contribution >= 4 is 40.5 Å². The number of Topliss-reactive ketones (excluding diaryl/α,β-unsaturated/α-hetero) is 1. The minimum absolute atomic E-state index is 0.168. The number of carbonyl (C=O) groups is 2. The van der Waals surface area contributed by atoms with Gasteiger partial charge in [0.1, 0.15) is 5.82 Å². The standard InChI is InChI=1S/C24H23FN4O3S/c1-3-8-29-23(32)18-6-4-17(14-20(18)26-24(29)33)22(31)28-11-9-27(10-12-28)21-7-5-16(15(2)30)13-19(21)25/h3-7,13-14H,1,8-12H2,2H3,(H,26,33). The number of nitrogens with zero attached hydrogens (tertiary/aromatic N) is 3. The Bertz CT molecular complexity index is 1390. The highest BCUT2D eigenvalue weighted by Crippen LogP contribution is 2.23. The van der Waals surface area contributed by atoms with Crippen LogP contribution in [0.2, 0.25) is 0 Å². The molecule has 0 unspecified atom stereocenters. The third-order valence-electron chi connectivity index (χ3n) is 5.80. The number of H-pyrrole nitrogens is 1. The Balaban J connectivity index is 1.51. The number of amides is 1. The Labute approximate surface area is 194 Å². The van der Waals surface area contributed by atoms with Crippen LogP contribution in [0.1, 0.15) is 27.6 Å². The Kier molecular flexibility index (Phi) is 6.24. The topological polar surface area (TPSA) is 78.4 Å². The van der Waals surface area contributed by atoms with Gasteiger partial charge in [0, 0.05) is 43.9 Å². The molecule has 0 bridgehead atoms. The summed E-state index contributed by atoms with van der Waals surface area (Å²) in [7, 11) is 0. The first kappa shape index (κ1) is 22.6. The van der Waals surface area contributed by atoms with Gasteiger partial charge in [-0.2, -0.15) is 0 Å². The number of allylic oxidation sites excluding steroid dienone is 1. The van der Waals surface area contributed by atoms with Gasteiger partial charge in [0.2, 0.25) is 0 Å². The average Bonchev–Trinajstić information content (AvgIpc) is 2.81. The molecule has 9 heteroatoms. The zero-order valence-corrected chi connectivity index (χ0v) is 19.0. The number of hydrogen-bond donors (Lipinski definition) is 1. The molecule has 2 heterocycles. The molecule has 1 aromatic heterocycles. The Morgan fingerprint density at radius 1 is 1.12 bits per heavy atom. The number of nitrogens with one attached hydrogen (secondary N) is 1. The van der Waals surface area contributed by atoms with Crippen molar-refractivity contribution in [3.8, 4) is 0 Å². The van der Waals surface area contributed by atoms with Gasteiger partial charge in [-0.15, -0.1) is 6.58 Å². The van der Waals surface area contributed by atoms with E-state index in [1.165, 1.54) is 17.6 Å². The normalized spacial score (nSPS) is 13.9. The van der Waals surface area contributed by atoms with Crippen LogP contribution in [0.4, 0.5) is 10.1 Å². The molecule has 1 N–H and O–H groups in total. The monoisotopic (exact) mass is 466 g/mol. The van der Waals surface area contributed by atoms with E-state index in [0.29, 0.717) is 60.4 Å². The largest absolute Gasteiger partial charge is 0.366 e. The summed E-state index contributed by atoms with van der Waals surface area (Å²) in [5.41, 5.74) is 1.46. The highest BCUT2D eigenvalue weighted by Gasteiger charge is 2.24. The van der Waals surface area contributed by atoms with Gasteiger partial charge in [-0.05, 0) is 55.5 Å². The van der Waals surface area contributed by atoms with Gasteiger partial charge in [0.25, 0.3) is 11.5 Å². The van der Waals surface area contributed by atoms with Crippen molar-refractivity contribution in [1.82, 2.24) is 14.5 Å². The SMILES string of the molecule is C=CCn1c(=S)[nH]c2cc(C(=O)N3CCN(c4ccc(C(C)=O)cc4F)CC3)ccc2c1=O. The van der Waals surface area contributed by atoms with Crippen molar-refractivity contribution < 1.29 is 14.0 Å².